The van der Waals surface area contributed by atoms with E-state index in [2.05, 4.69) is 11.6 Å². The first-order valence-electron chi connectivity index (χ1n) is 10.3. The maximum atomic E-state index is 11.4. The fourth-order valence-corrected chi connectivity index (χ4v) is 2.62. The van der Waals surface area contributed by atoms with Crippen LogP contribution in [0.25, 0.3) is 0 Å². The number of nitrogens with zero attached hydrogens (tertiary/aromatic N) is 1. The summed E-state index contributed by atoms with van der Waals surface area (Å²) in [5, 5.41) is 28.6. The fourth-order valence-electron chi connectivity index (χ4n) is 2.62. The molecule has 174 valence electrons. The molecule has 0 aliphatic heterocycles. The highest BCUT2D eigenvalue weighted by atomic mass is 16.5. The third kappa shape index (κ3) is 8.34. The van der Waals surface area contributed by atoms with E-state index in [0.29, 0.717) is 30.0 Å². The molecule has 7 nitrogen and oxygen atoms in total. The van der Waals surface area contributed by atoms with Gasteiger partial charge in [0.05, 0.1) is 12.3 Å². The van der Waals surface area contributed by atoms with Gasteiger partial charge in [-0.15, -0.1) is 0 Å². The SMILES string of the molecule is C=C(O)\C=C(C)/C(/C=N/C(CCOc1ccc(OC(C)(CC)C(=O)O)cc1)=C(/C)O)=C\C. The molecule has 0 aliphatic carbocycles. The molecule has 0 heterocycles. The Morgan fingerprint density at radius 3 is 2.22 bits per heavy atom. The number of benzene rings is 1. The number of aliphatic hydroxyl groups excluding tert-OH is 2. The normalized spacial score (nSPS) is 15.2. The lowest BCUT2D eigenvalue weighted by Crippen LogP contribution is -2.40. The molecular formula is C25H33NO6. The number of aliphatic hydroxyl groups is 2. The predicted octanol–water partition coefficient (Wildman–Crippen LogP) is 5.91. The first-order chi connectivity index (χ1) is 15.0. The Morgan fingerprint density at radius 2 is 1.75 bits per heavy atom. The summed E-state index contributed by atoms with van der Waals surface area (Å²) in [5.74, 6) is 0.0429. The van der Waals surface area contributed by atoms with E-state index in [1.807, 2.05) is 19.9 Å². The van der Waals surface area contributed by atoms with Gasteiger partial charge >= 0.3 is 5.97 Å². The minimum atomic E-state index is -1.29. The van der Waals surface area contributed by atoms with Crippen molar-refractivity contribution in [2.24, 2.45) is 4.99 Å². The van der Waals surface area contributed by atoms with Gasteiger partial charge in [-0.3, -0.25) is 4.99 Å². The van der Waals surface area contributed by atoms with Crippen molar-refractivity contribution in [2.45, 2.75) is 53.1 Å². The third-order valence-electron chi connectivity index (χ3n) is 4.83. The van der Waals surface area contributed by atoms with Crippen LogP contribution in [0.5, 0.6) is 11.5 Å². The van der Waals surface area contributed by atoms with Crippen molar-refractivity contribution in [3.8, 4) is 11.5 Å². The number of carboxylic acid groups (broad SMARTS) is 1. The molecule has 1 aromatic carbocycles. The van der Waals surface area contributed by atoms with Crippen LogP contribution in [0.1, 0.15) is 47.5 Å². The summed E-state index contributed by atoms with van der Waals surface area (Å²) in [4.78, 5) is 15.7. The van der Waals surface area contributed by atoms with E-state index < -0.39 is 11.6 Å². The molecule has 0 saturated carbocycles. The van der Waals surface area contributed by atoms with E-state index in [9.17, 15) is 20.1 Å². The number of ether oxygens (including phenoxy) is 2. The summed E-state index contributed by atoms with van der Waals surface area (Å²) in [6.07, 6.45) is 5.69. The van der Waals surface area contributed by atoms with E-state index in [1.165, 1.54) is 13.0 Å². The molecule has 1 unspecified atom stereocenters. The van der Waals surface area contributed by atoms with Crippen molar-refractivity contribution in [2.75, 3.05) is 6.61 Å². The van der Waals surface area contributed by atoms with Crippen LogP contribution in [0.3, 0.4) is 0 Å². The molecule has 0 aromatic heterocycles. The zero-order valence-corrected chi connectivity index (χ0v) is 19.4. The van der Waals surface area contributed by atoms with E-state index >= 15 is 0 Å². The van der Waals surface area contributed by atoms with E-state index in [-0.39, 0.29) is 18.1 Å². The topological polar surface area (TPSA) is 109 Å². The lowest BCUT2D eigenvalue weighted by atomic mass is 10.0. The van der Waals surface area contributed by atoms with Crippen molar-refractivity contribution in [1.29, 1.82) is 0 Å². The Kier molecular flexibility index (Phi) is 10.3. The minimum Gasteiger partial charge on any atom is -0.511 e. The van der Waals surface area contributed by atoms with Gasteiger partial charge in [-0.1, -0.05) is 19.6 Å². The van der Waals surface area contributed by atoms with Gasteiger partial charge in [0, 0.05) is 12.6 Å². The maximum absolute atomic E-state index is 11.4. The molecule has 0 bridgehead atoms. The average Bonchev–Trinajstić information content (AvgIpc) is 2.73. The Hall–Kier alpha value is -3.48. The van der Waals surface area contributed by atoms with Crippen LogP contribution < -0.4 is 9.47 Å². The van der Waals surface area contributed by atoms with Crippen LogP contribution in [0.2, 0.25) is 0 Å². The highest BCUT2D eigenvalue weighted by molar-refractivity contribution is 5.85. The number of allylic oxidation sites excluding steroid dienone is 5. The molecule has 0 amide bonds. The first kappa shape index (κ1) is 26.6. The molecule has 1 aromatic rings. The second kappa shape index (κ2) is 12.4. The lowest BCUT2D eigenvalue weighted by Gasteiger charge is -2.24. The molecule has 0 fully saturated rings. The molecule has 0 radical (unpaired) electrons. The number of rotatable bonds is 12. The number of hydrogen-bond donors (Lipinski definition) is 3. The minimum absolute atomic E-state index is 0.0450. The second-order valence-corrected chi connectivity index (χ2v) is 7.41. The number of aliphatic imine (C=N–C) groups is 1. The molecule has 1 rings (SSSR count). The van der Waals surface area contributed by atoms with E-state index in [1.54, 1.807) is 44.3 Å². The summed E-state index contributed by atoms with van der Waals surface area (Å²) in [6.45, 7) is 12.2. The third-order valence-corrected chi connectivity index (χ3v) is 4.83. The number of aliphatic carboxylic acids is 1. The van der Waals surface area contributed by atoms with Gasteiger partial charge < -0.3 is 24.8 Å². The van der Waals surface area contributed by atoms with Gasteiger partial charge in [0.15, 0.2) is 0 Å². The van der Waals surface area contributed by atoms with Crippen molar-refractivity contribution in [3.63, 3.8) is 0 Å². The number of hydrogen-bond acceptors (Lipinski definition) is 6. The average molecular weight is 444 g/mol. The summed E-state index contributed by atoms with van der Waals surface area (Å²) < 4.78 is 11.3. The first-order valence-corrected chi connectivity index (χ1v) is 10.3. The highest BCUT2D eigenvalue weighted by Gasteiger charge is 2.33. The number of carboxylic acids is 1. The van der Waals surface area contributed by atoms with Crippen molar-refractivity contribution in [1.82, 2.24) is 0 Å². The summed E-state index contributed by atoms with van der Waals surface area (Å²) in [5.41, 5.74) is 0.762. The van der Waals surface area contributed by atoms with Gasteiger partial charge in [-0.05, 0) is 75.6 Å². The Balaban J connectivity index is 2.75. The zero-order valence-electron chi connectivity index (χ0n) is 19.4. The molecule has 0 aliphatic rings. The smallest absolute Gasteiger partial charge is 0.347 e. The summed E-state index contributed by atoms with van der Waals surface area (Å²) in [7, 11) is 0. The predicted molar refractivity (Wildman–Crippen MR) is 127 cm³/mol. The van der Waals surface area contributed by atoms with Crippen LogP contribution in [0.15, 0.2) is 76.4 Å². The van der Waals surface area contributed by atoms with Gasteiger partial charge in [-0.25, -0.2) is 4.79 Å². The molecule has 32 heavy (non-hydrogen) atoms. The lowest BCUT2D eigenvalue weighted by molar-refractivity contribution is -0.154. The van der Waals surface area contributed by atoms with Gasteiger partial charge in [0.1, 0.15) is 23.0 Å². The van der Waals surface area contributed by atoms with Crippen LogP contribution in [-0.4, -0.2) is 39.7 Å². The Morgan fingerprint density at radius 1 is 1.16 bits per heavy atom. The van der Waals surface area contributed by atoms with Crippen molar-refractivity contribution < 1.29 is 29.6 Å². The zero-order chi connectivity index (χ0) is 24.3. The molecule has 7 heteroatoms. The highest BCUT2D eigenvalue weighted by Crippen LogP contribution is 2.24. The summed E-state index contributed by atoms with van der Waals surface area (Å²) >= 11 is 0. The Labute approximate surface area is 189 Å². The van der Waals surface area contributed by atoms with Crippen LogP contribution >= 0.6 is 0 Å². The molecule has 3 N–H and O–H groups in total. The molecular weight excluding hydrogens is 410 g/mol. The largest absolute Gasteiger partial charge is 0.511 e. The molecule has 1 atom stereocenters. The van der Waals surface area contributed by atoms with Gasteiger partial charge in [-0.2, -0.15) is 0 Å². The van der Waals surface area contributed by atoms with Crippen LogP contribution in [0.4, 0.5) is 0 Å². The van der Waals surface area contributed by atoms with Crippen molar-refractivity contribution in [3.05, 3.63) is 71.4 Å². The van der Waals surface area contributed by atoms with Crippen LogP contribution in [0, 0.1) is 0 Å². The monoisotopic (exact) mass is 443 g/mol. The fraction of sp³-hybridized carbons (Fsp3) is 0.360. The quantitative estimate of drug-likeness (QED) is 0.210. The van der Waals surface area contributed by atoms with E-state index in [0.717, 1.165) is 11.1 Å². The van der Waals surface area contributed by atoms with Crippen molar-refractivity contribution >= 4 is 12.2 Å². The second-order valence-electron chi connectivity index (χ2n) is 7.41. The Bertz CT molecular complexity index is 920. The standard InChI is InChI=1S/C25H33NO6/c1-7-20(17(3)15-18(4)27)16-26-23(19(5)28)13-14-31-21-9-11-22(12-10-21)32-25(6,8-2)24(29)30/h7,9-12,15-16,27-28H,4,8,13-14H2,1-3,5-6H3,(H,29,30)/b17-15-,20-7-,23-19-,26-16+. The summed E-state index contributed by atoms with van der Waals surface area (Å²) in [6, 6.07) is 6.70. The molecule has 0 saturated heterocycles. The number of carbonyl (C=O) groups is 1. The maximum Gasteiger partial charge on any atom is 0.347 e. The van der Waals surface area contributed by atoms with E-state index in [4.69, 9.17) is 9.47 Å². The molecule has 0 spiro atoms. The van der Waals surface area contributed by atoms with Gasteiger partial charge in [0.2, 0.25) is 5.60 Å². The van der Waals surface area contributed by atoms with Crippen LogP contribution in [-0.2, 0) is 4.79 Å². The van der Waals surface area contributed by atoms with Gasteiger partial charge in [0.25, 0.3) is 0 Å².